The number of phenolic OH excluding ortho intramolecular Hbond substituents is 2. The number of carbonyl (C=O) groups excluding carboxylic acids is 1. The van der Waals surface area contributed by atoms with Gasteiger partial charge in [0.25, 0.3) is 0 Å². The SMILES string of the molecule is O=C(/C=C/c1ccc(O)cc1)c1ccc2c(c1O)CN(Cc1cc(C(F)(F)F)ccc1Cl)CO2. The lowest BCUT2D eigenvalue weighted by Crippen LogP contribution is -2.32. The molecule has 0 amide bonds. The van der Waals surface area contributed by atoms with E-state index in [9.17, 15) is 28.2 Å². The van der Waals surface area contributed by atoms with E-state index in [0.717, 1.165) is 12.1 Å². The predicted octanol–water partition coefficient (Wildman–Crippen LogP) is 6.02. The first-order valence-electron chi connectivity index (χ1n) is 10.2. The Kier molecular flexibility index (Phi) is 6.54. The molecule has 0 atom stereocenters. The number of ether oxygens (including phenoxy) is 1. The number of ketones is 1. The third-order valence-corrected chi connectivity index (χ3v) is 5.75. The van der Waals surface area contributed by atoms with Gasteiger partial charge in [-0.25, -0.2) is 0 Å². The Hall–Kier alpha value is -3.49. The van der Waals surface area contributed by atoms with Crippen LogP contribution in [0, 0.1) is 0 Å². The number of aromatic hydroxyl groups is 2. The minimum Gasteiger partial charge on any atom is -0.508 e. The number of alkyl halides is 3. The zero-order chi connectivity index (χ0) is 24.5. The average molecular weight is 490 g/mol. The summed E-state index contributed by atoms with van der Waals surface area (Å²) < 4.78 is 44.9. The summed E-state index contributed by atoms with van der Waals surface area (Å²) in [5.41, 5.74) is 0.583. The van der Waals surface area contributed by atoms with E-state index in [4.69, 9.17) is 16.3 Å². The first-order valence-corrected chi connectivity index (χ1v) is 10.6. The molecule has 0 aromatic heterocycles. The van der Waals surface area contributed by atoms with Crippen LogP contribution in [0.4, 0.5) is 13.2 Å². The maximum Gasteiger partial charge on any atom is 0.416 e. The highest BCUT2D eigenvalue weighted by molar-refractivity contribution is 6.31. The van der Waals surface area contributed by atoms with Gasteiger partial charge in [0.15, 0.2) is 5.78 Å². The molecule has 0 bridgehead atoms. The molecule has 176 valence electrons. The fourth-order valence-corrected chi connectivity index (χ4v) is 3.77. The highest BCUT2D eigenvalue weighted by Gasteiger charge is 2.31. The van der Waals surface area contributed by atoms with Crippen LogP contribution < -0.4 is 4.74 Å². The summed E-state index contributed by atoms with van der Waals surface area (Å²) in [6.45, 7) is 0.282. The van der Waals surface area contributed by atoms with Gasteiger partial charge in [-0.2, -0.15) is 13.2 Å². The van der Waals surface area contributed by atoms with E-state index in [1.54, 1.807) is 29.2 Å². The third-order valence-electron chi connectivity index (χ3n) is 5.38. The summed E-state index contributed by atoms with van der Waals surface area (Å²) in [6, 6.07) is 12.4. The van der Waals surface area contributed by atoms with Crippen LogP contribution >= 0.6 is 11.6 Å². The smallest absolute Gasteiger partial charge is 0.416 e. The first-order chi connectivity index (χ1) is 16.1. The standard InChI is InChI=1S/C25H19ClF3NO4/c26-21-8-4-17(25(27,28)29)11-16(21)12-30-13-20-23(34-14-30)10-7-19(24(20)33)22(32)9-3-15-1-5-18(31)6-2-15/h1-11,31,33H,12-14H2/b9-3+. The zero-order valence-electron chi connectivity index (χ0n) is 17.6. The van der Waals surface area contributed by atoms with Gasteiger partial charge in [-0.1, -0.05) is 29.8 Å². The van der Waals surface area contributed by atoms with Crippen molar-refractivity contribution in [1.82, 2.24) is 4.90 Å². The monoisotopic (exact) mass is 489 g/mol. The van der Waals surface area contributed by atoms with Crippen LogP contribution in [0.25, 0.3) is 6.08 Å². The molecule has 2 N–H and O–H groups in total. The zero-order valence-corrected chi connectivity index (χ0v) is 18.4. The quantitative estimate of drug-likeness (QED) is 0.339. The number of benzene rings is 3. The van der Waals surface area contributed by atoms with Crippen LogP contribution in [-0.4, -0.2) is 27.6 Å². The van der Waals surface area contributed by atoms with Gasteiger partial charge in [-0.15, -0.1) is 0 Å². The number of hydrogen-bond donors (Lipinski definition) is 2. The van der Waals surface area contributed by atoms with E-state index in [2.05, 4.69) is 0 Å². The molecule has 0 spiro atoms. The normalized spacial score (nSPS) is 14.1. The molecule has 1 aliphatic rings. The molecule has 4 rings (SSSR count). The Balaban J connectivity index is 1.53. The van der Waals surface area contributed by atoms with Crippen molar-refractivity contribution in [2.24, 2.45) is 0 Å². The van der Waals surface area contributed by atoms with Crippen molar-refractivity contribution >= 4 is 23.5 Å². The summed E-state index contributed by atoms with van der Waals surface area (Å²) in [5, 5.41) is 20.3. The van der Waals surface area contributed by atoms with Gasteiger partial charge in [0.05, 0.1) is 16.7 Å². The second-order valence-corrected chi connectivity index (χ2v) is 8.20. The molecule has 5 nitrogen and oxygen atoms in total. The number of fused-ring (bicyclic) bond motifs is 1. The van der Waals surface area contributed by atoms with E-state index < -0.39 is 17.5 Å². The van der Waals surface area contributed by atoms with Crippen molar-refractivity contribution in [2.45, 2.75) is 19.3 Å². The van der Waals surface area contributed by atoms with Crippen molar-refractivity contribution in [3.05, 3.63) is 93.5 Å². The van der Waals surface area contributed by atoms with Crippen LogP contribution in [0.3, 0.4) is 0 Å². The molecular formula is C25H19ClF3NO4. The lowest BCUT2D eigenvalue weighted by atomic mass is 10.0. The Morgan fingerprint density at radius 3 is 2.53 bits per heavy atom. The molecule has 0 aliphatic carbocycles. The van der Waals surface area contributed by atoms with Gasteiger partial charge >= 0.3 is 6.18 Å². The molecule has 34 heavy (non-hydrogen) atoms. The number of phenols is 2. The van der Waals surface area contributed by atoms with Gasteiger partial charge in [-0.3, -0.25) is 9.69 Å². The van der Waals surface area contributed by atoms with E-state index in [1.165, 1.54) is 30.3 Å². The maximum absolute atomic E-state index is 13.1. The summed E-state index contributed by atoms with van der Waals surface area (Å²) in [5.74, 6) is -0.196. The second kappa shape index (κ2) is 9.40. The van der Waals surface area contributed by atoms with Crippen molar-refractivity contribution in [2.75, 3.05) is 6.73 Å². The van der Waals surface area contributed by atoms with E-state index in [-0.39, 0.29) is 47.5 Å². The lowest BCUT2D eigenvalue weighted by Gasteiger charge is -2.30. The van der Waals surface area contributed by atoms with Gasteiger partial charge in [-0.05, 0) is 59.7 Å². The highest BCUT2D eigenvalue weighted by atomic mass is 35.5. The van der Waals surface area contributed by atoms with Gasteiger partial charge < -0.3 is 14.9 Å². The van der Waals surface area contributed by atoms with Gasteiger partial charge in [0, 0.05) is 18.1 Å². The first kappa shape index (κ1) is 23.7. The van der Waals surface area contributed by atoms with Crippen LogP contribution in [0.5, 0.6) is 17.2 Å². The van der Waals surface area contributed by atoms with Crippen LogP contribution in [0.1, 0.15) is 32.6 Å². The Morgan fingerprint density at radius 1 is 1.09 bits per heavy atom. The minimum atomic E-state index is -4.49. The fourth-order valence-electron chi connectivity index (χ4n) is 3.60. The summed E-state index contributed by atoms with van der Waals surface area (Å²) >= 11 is 6.11. The minimum absolute atomic E-state index is 0.0561. The molecule has 9 heteroatoms. The molecule has 1 heterocycles. The van der Waals surface area contributed by atoms with E-state index >= 15 is 0 Å². The fraction of sp³-hybridized carbons (Fsp3) is 0.160. The Bertz CT molecular complexity index is 1260. The maximum atomic E-state index is 13.1. The topological polar surface area (TPSA) is 70.0 Å². The largest absolute Gasteiger partial charge is 0.508 e. The average Bonchev–Trinajstić information content (AvgIpc) is 2.80. The van der Waals surface area contributed by atoms with Crippen LogP contribution in [0.2, 0.25) is 5.02 Å². The molecule has 3 aromatic rings. The number of carbonyl (C=O) groups is 1. The number of nitrogens with zero attached hydrogens (tertiary/aromatic N) is 1. The molecular weight excluding hydrogens is 471 g/mol. The molecule has 1 aliphatic heterocycles. The van der Waals surface area contributed by atoms with Gasteiger partial charge in [0.2, 0.25) is 0 Å². The number of hydrogen-bond acceptors (Lipinski definition) is 5. The number of allylic oxidation sites excluding steroid dienone is 1. The molecule has 3 aromatic carbocycles. The van der Waals surface area contributed by atoms with E-state index in [1.807, 2.05) is 0 Å². The lowest BCUT2D eigenvalue weighted by molar-refractivity contribution is -0.137. The van der Waals surface area contributed by atoms with Crippen molar-refractivity contribution in [3.8, 4) is 17.2 Å². The number of rotatable bonds is 5. The number of halogens is 4. The highest BCUT2D eigenvalue weighted by Crippen LogP contribution is 2.37. The predicted molar refractivity (Wildman–Crippen MR) is 121 cm³/mol. The van der Waals surface area contributed by atoms with E-state index in [0.29, 0.717) is 16.9 Å². The molecule has 0 fully saturated rings. The van der Waals surface area contributed by atoms with Crippen LogP contribution in [-0.2, 0) is 19.3 Å². The Morgan fingerprint density at radius 2 is 1.82 bits per heavy atom. The Labute approximate surface area is 198 Å². The molecule has 0 saturated heterocycles. The molecule has 0 unspecified atom stereocenters. The summed E-state index contributed by atoms with van der Waals surface area (Å²) in [7, 11) is 0. The summed E-state index contributed by atoms with van der Waals surface area (Å²) in [4.78, 5) is 14.3. The molecule has 0 radical (unpaired) electrons. The third kappa shape index (κ3) is 5.18. The molecule has 0 saturated carbocycles. The van der Waals surface area contributed by atoms with Gasteiger partial charge in [0.1, 0.15) is 24.0 Å². The van der Waals surface area contributed by atoms with Crippen molar-refractivity contribution < 1.29 is 32.9 Å². The van der Waals surface area contributed by atoms with Crippen molar-refractivity contribution in [1.29, 1.82) is 0 Å². The summed E-state index contributed by atoms with van der Waals surface area (Å²) in [6.07, 6.45) is -1.64. The van der Waals surface area contributed by atoms with Crippen LogP contribution in [0.15, 0.2) is 60.7 Å². The van der Waals surface area contributed by atoms with Crippen molar-refractivity contribution in [3.63, 3.8) is 0 Å². The second-order valence-electron chi connectivity index (χ2n) is 7.79.